The Morgan fingerprint density at radius 3 is 2.61 bits per heavy atom. The Morgan fingerprint density at radius 1 is 1.00 bits per heavy atom. The topological polar surface area (TPSA) is 73.9 Å². The molecule has 0 unspecified atom stereocenters. The third-order valence-electron chi connectivity index (χ3n) is 5.68. The van der Waals surface area contributed by atoms with E-state index >= 15 is 0 Å². The lowest BCUT2D eigenvalue weighted by atomic mass is 10.0. The molecule has 6 nitrogen and oxygen atoms in total. The molecule has 7 heteroatoms. The van der Waals surface area contributed by atoms with E-state index in [4.69, 9.17) is 14.2 Å². The fourth-order valence-corrected chi connectivity index (χ4v) is 5.13. The molecule has 1 aromatic heterocycles. The van der Waals surface area contributed by atoms with Gasteiger partial charge in [-0.15, -0.1) is 11.3 Å². The number of nitrogens with one attached hydrogen (secondary N) is 1. The smallest absolute Gasteiger partial charge is 0.341 e. The normalized spacial score (nSPS) is 12.1. The van der Waals surface area contributed by atoms with Crippen molar-refractivity contribution >= 4 is 39.0 Å². The maximum Gasteiger partial charge on any atom is 0.341 e. The minimum Gasteiger partial charge on any atom is -0.465 e. The molecule has 0 aliphatic carbocycles. The van der Waals surface area contributed by atoms with Crippen LogP contribution >= 0.6 is 11.3 Å². The van der Waals surface area contributed by atoms with Crippen LogP contribution in [0.1, 0.15) is 36.7 Å². The highest BCUT2D eigenvalue weighted by atomic mass is 32.1. The van der Waals surface area contributed by atoms with Gasteiger partial charge in [0.1, 0.15) is 5.00 Å². The number of amides is 1. The number of carbonyl (C=O) groups is 2. The number of rotatable bonds is 5. The molecule has 0 fully saturated rings. The third-order valence-corrected chi connectivity index (χ3v) is 6.88. The molecule has 3 aromatic carbocycles. The molecule has 166 valence electrons. The molecule has 1 aliphatic rings. The first kappa shape index (κ1) is 21.0. The van der Waals surface area contributed by atoms with E-state index in [1.807, 2.05) is 61.5 Å². The Kier molecular flexibility index (Phi) is 5.48. The van der Waals surface area contributed by atoms with Crippen molar-refractivity contribution in [1.82, 2.24) is 0 Å². The lowest BCUT2D eigenvalue weighted by Gasteiger charge is -2.07. The number of hydrogen-bond acceptors (Lipinski definition) is 6. The van der Waals surface area contributed by atoms with E-state index in [1.54, 1.807) is 6.07 Å². The number of ether oxygens (including phenoxy) is 3. The Hall–Kier alpha value is -3.84. The summed E-state index contributed by atoms with van der Waals surface area (Å²) in [6.45, 7) is 2.09. The molecule has 0 atom stereocenters. The summed E-state index contributed by atoms with van der Waals surface area (Å²) in [6, 6.07) is 19.2. The van der Waals surface area contributed by atoms with Gasteiger partial charge in [-0.2, -0.15) is 0 Å². The minimum absolute atomic E-state index is 0.217. The molecule has 5 rings (SSSR count). The largest absolute Gasteiger partial charge is 0.465 e. The van der Waals surface area contributed by atoms with Gasteiger partial charge < -0.3 is 19.5 Å². The fraction of sp³-hybridized carbons (Fsp3) is 0.154. The summed E-state index contributed by atoms with van der Waals surface area (Å²) in [6.07, 6.45) is 0.586. The summed E-state index contributed by atoms with van der Waals surface area (Å²) in [5.74, 6) is 0.677. The molecule has 1 N–H and O–H groups in total. The third kappa shape index (κ3) is 4.03. The standard InChI is InChI=1S/C26H21NO5S/c1-15-22(12-16-7-10-20-21(11-16)32-14-31-20)33-25(23(15)26(29)30-2)27-24(28)19-9-8-17-5-3-4-6-18(17)13-19/h3-11,13H,12,14H2,1-2H3,(H,27,28). The van der Waals surface area contributed by atoms with E-state index in [2.05, 4.69) is 5.32 Å². The van der Waals surface area contributed by atoms with Crippen molar-refractivity contribution in [1.29, 1.82) is 0 Å². The Labute approximate surface area is 194 Å². The van der Waals surface area contributed by atoms with E-state index in [1.165, 1.54) is 18.4 Å². The maximum atomic E-state index is 13.0. The molecule has 0 saturated carbocycles. The van der Waals surface area contributed by atoms with Crippen LogP contribution in [0.15, 0.2) is 60.7 Å². The van der Waals surface area contributed by atoms with Gasteiger partial charge in [-0.05, 0) is 53.1 Å². The van der Waals surface area contributed by atoms with Gasteiger partial charge in [0.25, 0.3) is 5.91 Å². The minimum atomic E-state index is -0.477. The monoisotopic (exact) mass is 459 g/mol. The average molecular weight is 460 g/mol. The lowest BCUT2D eigenvalue weighted by molar-refractivity contribution is 0.0601. The van der Waals surface area contributed by atoms with E-state index in [0.717, 1.165) is 32.5 Å². The lowest BCUT2D eigenvalue weighted by Crippen LogP contribution is -2.14. The Balaban J connectivity index is 1.45. The molecule has 1 aliphatic heterocycles. The van der Waals surface area contributed by atoms with Crippen LogP contribution in [-0.2, 0) is 11.2 Å². The number of carbonyl (C=O) groups excluding carboxylic acids is 2. The summed E-state index contributed by atoms with van der Waals surface area (Å²) in [5, 5.41) is 5.44. The van der Waals surface area contributed by atoms with Gasteiger partial charge in [0, 0.05) is 16.9 Å². The first-order valence-corrected chi connectivity index (χ1v) is 11.2. The number of methoxy groups -OCH3 is 1. The van der Waals surface area contributed by atoms with Crippen LogP contribution in [0, 0.1) is 6.92 Å². The van der Waals surface area contributed by atoms with Gasteiger partial charge in [0.2, 0.25) is 6.79 Å². The summed E-state index contributed by atoms with van der Waals surface area (Å²) in [5.41, 5.74) is 2.71. The van der Waals surface area contributed by atoms with Crippen LogP contribution in [0.2, 0.25) is 0 Å². The second-order valence-electron chi connectivity index (χ2n) is 7.73. The van der Waals surface area contributed by atoms with Crippen molar-refractivity contribution in [2.75, 3.05) is 19.2 Å². The maximum absolute atomic E-state index is 13.0. The number of hydrogen-bond donors (Lipinski definition) is 1. The summed E-state index contributed by atoms with van der Waals surface area (Å²) in [7, 11) is 1.34. The van der Waals surface area contributed by atoms with Crippen molar-refractivity contribution in [3.8, 4) is 11.5 Å². The fourth-order valence-electron chi connectivity index (χ4n) is 3.91. The van der Waals surface area contributed by atoms with Crippen LogP contribution in [-0.4, -0.2) is 25.8 Å². The molecular weight excluding hydrogens is 438 g/mol. The van der Waals surface area contributed by atoms with Gasteiger partial charge in [-0.1, -0.05) is 36.4 Å². The predicted octanol–water partition coefficient (Wildman–Crippen LogP) is 5.57. The first-order chi connectivity index (χ1) is 16.0. The molecule has 0 radical (unpaired) electrons. The SMILES string of the molecule is COC(=O)c1c(NC(=O)c2ccc3ccccc3c2)sc(Cc2ccc3c(c2)OCO3)c1C. The second-order valence-corrected chi connectivity index (χ2v) is 8.83. The number of anilines is 1. The highest BCUT2D eigenvalue weighted by Crippen LogP contribution is 2.38. The molecule has 1 amide bonds. The average Bonchev–Trinajstić information content (AvgIpc) is 3.42. The zero-order chi connectivity index (χ0) is 22.9. The van der Waals surface area contributed by atoms with E-state index in [9.17, 15) is 9.59 Å². The van der Waals surface area contributed by atoms with Crippen molar-refractivity contribution in [3.05, 3.63) is 87.8 Å². The van der Waals surface area contributed by atoms with Gasteiger partial charge in [0.05, 0.1) is 12.7 Å². The van der Waals surface area contributed by atoms with Crippen molar-refractivity contribution < 1.29 is 23.8 Å². The highest BCUT2D eigenvalue weighted by Gasteiger charge is 2.24. The Morgan fingerprint density at radius 2 is 1.79 bits per heavy atom. The zero-order valence-corrected chi connectivity index (χ0v) is 19.0. The van der Waals surface area contributed by atoms with Crippen LogP contribution in [0.5, 0.6) is 11.5 Å². The summed E-state index contributed by atoms with van der Waals surface area (Å²) in [4.78, 5) is 26.6. The zero-order valence-electron chi connectivity index (χ0n) is 18.1. The molecule has 2 heterocycles. The van der Waals surface area contributed by atoms with Gasteiger partial charge in [-0.3, -0.25) is 4.79 Å². The number of benzene rings is 3. The molecule has 4 aromatic rings. The predicted molar refractivity (Wildman–Crippen MR) is 128 cm³/mol. The van der Waals surface area contributed by atoms with E-state index in [0.29, 0.717) is 28.3 Å². The number of fused-ring (bicyclic) bond motifs is 2. The summed E-state index contributed by atoms with van der Waals surface area (Å²) < 4.78 is 15.9. The molecule has 0 saturated heterocycles. The van der Waals surface area contributed by atoms with E-state index in [-0.39, 0.29) is 12.7 Å². The van der Waals surface area contributed by atoms with Gasteiger partial charge >= 0.3 is 5.97 Å². The van der Waals surface area contributed by atoms with Crippen LogP contribution in [0.3, 0.4) is 0 Å². The number of esters is 1. The van der Waals surface area contributed by atoms with Crippen molar-refractivity contribution in [2.24, 2.45) is 0 Å². The molecule has 0 bridgehead atoms. The highest BCUT2D eigenvalue weighted by molar-refractivity contribution is 7.17. The van der Waals surface area contributed by atoms with Gasteiger partial charge in [0.15, 0.2) is 11.5 Å². The molecule has 0 spiro atoms. The first-order valence-electron chi connectivity index (χ1n) is 10.4. The number of thiophene rings is 1. The Bertz CT molecular complexity index is 1390. The van der Waals surface area contributed by atoms with Crippen molar-refractivity contribution in [3.63, 3.8) is 0 Å². The van der Waals surface area contributed by atoms with Crippen LogP contribution in [0.4, 0.5) is 5.00 Å². The summed E-state index contributed by atoms with van der Waals surface area (Å²) >= 11 is 1.38. The molecular formula is C26H21NO5S. The molecule has 33 heavy (non-hydrogen) atoms. The second kappa shape index (κ2) is 8.60. The van der Waals surface area contributed by atoms with Gasteiger partial charge in [-0.25, -0.2) is 4.79 Å². The van der Waals surface area contributed by atoms with E-state index < -0.39 is 5.97 Å². The quantitative estimate of drug-likeness (QED) is 0.395. The van der Waals surface area contributed by atoms with Crippen molar-refractivity contribution in [2.45, 2.75) is 13.3 Å². The van der Waals surface area contributed by atoms with Crippen LogP contribution < -0.4 is 14.8 Å². The van der Waals surface area contributed by atoms with Crippen LogP contribution in [0.25, 0.3) is 10.8 Å².